The van der Waals surface area contributed by atoms with Crippen molar-refractivity contribution in [3.05, 3.63) is 41.6 Å². The van der Waals surface area contributed by atoms with Gasteiger partial charge in [-0.2, -0.15) is 10.2 Å². The van der Waals surface area contributed by atoms with Crippen molar-refractivity contribution in [2.24, 2.45) is 0 Å². The van der Waals surface area contributed by atoms with E-state index in [1.54, 1.807) is 7.11 Å². The van der Waals surface area contributed by atoms with E-state index in [-0.39, 0.29) is 0 Å². The zero-order valence-corrected chi connectivity index (χ0v) is 14.9. The molecule has 0 N–H and O–H groups in total. The van der Waals surface area contributed by atoms with E-state index < -0.39 is 0 Å². The molecule has 0 amide bonds. The summed E-state index contributed by atoms with van der Waals surface area (Å²) in [5, 5.41) is 8.33. The molecular weight excluding hydrogens is 280 g/mol. The summed E-state index contributed by atoms with van der Waals surface area (Å²) in [6.45, 7) is 12.0. The molecule has 21 heavy (non-hydrogen) atoms. The monoisotopic (exact) mass is 306 g/mol. The number of hydrogen-bond acceptors (Lipinski definition) is 4. The number of nitrogens with zero attached hydrogens (tertiary/aromatic N) is 2. The van der Waals surface area contributed by atoms with Crippen LogP contribution in [0.1, 0.15) is 39.0 Å². The lowest BCUT2D eigenvalue weighted by Crippen LogP contribution is -1.93. The van der Waals surface area contributed by atoms with E-state index in [0.717, 1.165) is 27.4 Å². The van der Waals surface area contributed by atoms with Gasteiger partial charge in [-0.15, -0.1) is 0 Å². The van der Waals surface area contributed by atoms with Crippen molar-refractivity contribution < 1.29 is 4.18 Å². The number of benzene rings is 1. The molecule has 0 fully saturated rings. The summed E-state index contributed by atoms with van der Waals surface area (Å²) < 4.78 is 5.00. The molecule has 0 aliphatic heterocycles. The number of aromatic nitrogens is 2. The first-order valence-electron chi connectivity index (χ1n) is 7.32. The molecule has 1 aromatic carbocycles. The van der Waals surface area contributed by atoms with Crippen LogP contribution in [0.5, 0.6) is 0 Å². The molecule has 0 atom stereocenters. The average Bonchev–Trinajstić information content (AvgIpc) is 2.55. The highest BCUT2D eigenvalue weighted by Gasteiger charge is 2.03. The maximum Gasteiger partial charge on any atom is 0.0932 e. The Balaban J connectivity index is 0.000000921. The highest BCUT2D eigenvalue weighted by atomic mass is 32.2. The summed E-state index contributed by atoms with van der Waals surface area (Å²) in [6, 6.07) is 10.1. The molecule has 2 rings (SSSR count). The van der Waals surface area contributed by atoms with Crippen LogP contribution in [-0.2, 0) is 4.18 Å². The van der Waals surface area contributed by atoms with Gasteiger partial charge in [0.2, 0.25) is 0 Å². The third-order valence-corrected chi connectivity index (χ3v) is 3.19. The second-order valence-electron chi connectivity index (χ2n) is 3.77. The van der Waals surface area contributed by atoms with Crippen LogP contribution in [0.3, 0.4) is 0 Å². The van der Waals surface area contributed by atoms with Crippen LogP contribution in [0.15, 0.2) is 35.2 Å². The van der Waals surface area contributed by atoms with Crippen LogP contribution in [0.4, 0.5) is 0 Å². The molecule has 116 valence electrons. The third kappa shape index (κ3) is 6.27. The SMILES string of the molecule is CC.CC.COSc1ccc(-c2cc(C)c(C)nn2)cc1. The van der Waals surface area contributed by atoms with Gasteiger partial charge in [0.15, 0.2) is 0 Å². The fourth-order valence-corrected chi connectivity index (χ4v) is 1.90. The quantitative estimate of drug-likeness (QED) is 0.705. The zero-order valence-electron chi connectivity index (χ0n) is 14.1. The first kappa shape index (κ1) is 19.6. The van der Waals surface area contributed by atoms with Gasteiger partial charge in [0.1, 0.15) is 0 Å². The van der Waals surface area contributed by atoms with Gasteiger partial charge in [-0.05, 0) is 37.6 Å². The lowest BCUT2D eigenvalue weighted by molar-refractivity contribution is 0.490. The summed E-state index contributed by atoms with van der Waals surface area (Å²) in [4.78, 5) is 1.08. The molecule has 0 unspecified atom stereocenters. The molecular formula is C17H26N2OS. The molecule has 0 radical (unpaired) electrons. The highest BCUT2D eigenvalue weighted by Crippen LogP contribution is 2.23. The maximum absolute atomic E-state index is 5.00. The first-order valence-corrected chi connectivity index (χ1v) is 8.07. The van der Waals surface area contributed by atoms with Gasteiger partial charge in [0, 0.05) is 22.5 Å². The molecule has 0 aliphatic rings. The van der Waals surface area contributed by atoms with Crippen LogP contribution >= 0.6 is 12.0 Å². The maximum atomic E-state index is 5.00. The van der Waals surface area contributed by atoms with Crippen LogP contribution < -0.4 is 0 Å². The Labute approximate surface area is 133 Å². The standard InChI is InChI=1S/C13H14N2OS.2C2H6/c1-9-8-13(15-14-10(9)2)11-4-6-12(7-5-11)17-16-3;2*1-2/h4-8H,1-3H3;2*1-2H3. The molecule has 3 nitrogen and oxygen atoms in total. The van der Waals surface area contributed by atoms with Crippen molar-refractivity contribution in [2.45, 2.75) is 46.4 Å². The fourth-order valence-electron chi connectivity index (χ4n) is 1.46. The van der Waals surface area contributed by atoms with Crippen LogP contribution in [0.2, 0.25) is 0 Å². The summed E-state index contributed by atoms with van der Waals surface area (Å²) in [7, 11) is 1.66. The molecule has 0 spiro atoms. The zero-order chi connectivity index (χ0) is 16.3. The van der Waals surface area contributed by atoms with Crippen molar-refractivity contribution in [1.82, 2.24) is 10.2 Å². The lowest BCUT2D eigenvalue weighted by atomic mass is 10.1. The van der Waals surface area contributed by atoms with Crippen molar-refractivity contribution in [3.8, 4) is 11.3 Å². The van der Waals surface area contributed by atoms with Gasteiger partial charge in [0.25, 0.3) is 0 Å². The summed E-state index contributed by atoms with van der Waals surface area (Å²) in [6.07, 6.45) is 0. The van der Waals surface area contributed by atoms with Crippen molar-refractivity contribution in [3.63, 3.8) is 0 Å². The third-order valence-electron chi connectivity index (χ3n) is 2.56. The molecule has 0 saturated carbocycles. The smallest absolute Gasteiger partial charge is 0.0932 e. The second kappa shape index (κ2) is 11.3. The van der Waals surface area contributed by atoms with E-state index >= 15 is 0 Å². The summed E-state index contributed by atoms with van der Waals surface area (Å²) in [5.41, 5.74) is 4.11. The average molecular weight is 306 g/mol. The van der Waals surface area contributed by atoms with Crippen molar-refractivity contribution in [1.29, 1.82) is 0 Å². The molecule has 0 saturated heterocycles. The number of hydrogen-bond donors (Lipinski definition) is 0. The Bertz CT molecular complexity index is 513. The second-order valence-corrected chi connectivity index (χ2v) is 4.74. The van der Waals surface area contributed by atoms with Gasteiger partial charge < -0.3 is 4.18 Å². The predicted octanol–water partition coefficient (Wildman–Crippen LogP) is 5.47. The van der Waals surface area contributed by atoms with E-state index in [4.69, 9.17) is 4.18 Å². The van der Waals surface area contributed by atoms with Gasteiger partial charge in [-0.25, -0.2) is 0 Å². The van der Waals surface area contributed by atoms with Gasteiger partial charge >= 0.3 is 0 Å². The Kier molecular flexibility index (Phi) is 10.5. The molecule has 0 bridgehead atoms. The van der Waals surface area contributed by atoms with Crippen molar-refractivity contribution in [2.75, 3.05) is 7.11 Å². The van der Waals surface area contributed by atoms with E-state index in [1.165, 1.54) is 12.0 Å². The molecule has 0 aliphatic carbocycles. The van der Waals surface area contributed by atoms with Gasteiger partial charge in [0.05, 0.1) is 18.5 Å². The minimum atomic E-state index is 0.905. The molecule has 2 aromatic rings. The minimum Gasteiger partial charge on any atom is -0.314 e. The first-order chi connectivity index (χ1) is 10.2. The van der Waals surface area contributed by atoms with E-state index in [9.17, 15) is 0 Å². The lowest BCUT2D eigenvalue weighted by Gasteiger charge is -2.04. The Morgan fingerprint density at radius 3 is 1.95 bits per heavy atom. The number of rotatable bonds is 3. The van der Waals surface area contributed by atoms with Crippen molar-refractivity contribution >= 4 is 12.0 Å². The van der Waals surface area contributed by atoms with E-state index in [1.807, 2.05) is 65.8 Å². The fraction of sp³-hybridized carbons (Fsp3) is 0.412. The normalized spacial score (nSPS) is 9.10. The molecule has 1 aromatic heterocycles. The Morgan fingerprint density at radius 2 is 1.48 bits per heavy atom. The summed E-state index contributed by atoms with van der Waals surface area (Å²) in [5.74, 6) is 0. The van der Waals surface area contributed by atoms with Crippen LogP contribution in [0.25, 0.3) is 11.3 Å². The largest absolute Gasteiger partial charge is 0.314 e. The van der Waals surface area contributed by atoms with Gasteiger partial charge in [-0.3, -0.25) is 0 Å². The van der Waals surface area contributed by atoms with Gasteiger partial charge in [-0.1, -0.05) is 39.8 Å². The van der Waals surface area contributed by atoms with E-state index in [0.29, 0.717) is 0 Å². The summed E-state index contributed by atoms with van der Waals surface area (Å²) >= 11 is 1.35. The van der Waals surface area contributed by atoms with Crippen LogP contribution in [-0.4, -0.2) is 17.3 Å². The highest BCUT2D eigenvalue weighted by molar-refractivity contribution is 7.94. The number of aryl methyl sites for hydroxylation is 2. The van der Waals surface area contributed by atoms with E-state index in [2.05, 4.69) is 16.3 Å². The molecule has 1 heterocycles. The molecule has 4 heteroatoms. The predicted molar refractivity (Wildman–Crippen MR) is 92.5 cm³/mol. The Morgan fingerprint density at radius 1 is 0.905 bits per heavy atom. The van der Waals surface area contributed by atoms with Crippen LogP contribution in [0, 0.1) is 13.8 Å². The Hall–Kier alpha value is -1.39. The topological polar surface area (TPSA) is 35.0 Å². The minimum absolute atomic E-state index is 0.905.